The van der Waals surface area contributed by atoms with E-state index >= 15 is 0 Å². The Morgan fingerprint density at radius 1 is 0.356 bits per heavy atom. The van der Waals surface area contributed by atoms with Gasteiger partial charge in [0.05, 0.1) is 16.7 Å². The van der Waals surface area contributed by atoms with Crippen molar-refractivity contribution in [1.29, 1.82) is 0 Å². The van der Waals surface area contributed by atoms with Gasteiger partial charge in [-0.2, -0.15) is 0 Å². The minimum Gasteiger partial charge on any atom is -0.295 e. The van der Waals surface area contributed by atoms with E-state index in [9.17, 15) is 0 Å². The summed E-state index contributed by atoms with van der Waals surface area (Å²) in [6, 6.07) is 70.7. The Labute approximate surface area is 344 Å². The second-order valence-corrected chi connectivity index (χ2v) is 15.9. The topological polar surface area (TPSA) is 48.5 Å². The van der Waals surface area contributed by atoms with Gasteiger partial charge in [-0.15, -0.1) is 0 Å². The Balaban J connectivity index is 1.09. The summed E-state index contributed by atoms with van der Waals surface area (Å²) in [5.41, 5.74) is 13.0. The van der Waals surface area contributed by atoms with Gasteiger partial charge in [0, 0.05) is 48.3 Å². The van der Waals surface area contributed by atoms with Crippen molar-refractivity contribution in [2.45, 2.75) is 9.79 Å². The van der Waals surface area contributed by atoms with Crippen LogP contribution in [0.1, 0.15) is 0 Å². The molecule has 1 aliphatic rings. The molecule has 0 amide bonds. The smallest absolute Gasteiger partial charge is 0.164 e. The van der Waals surface area contributed by atoms with Crippen molar-refractivity contribution in [3.8, 4) is 67.8 Å². The van der Waals surface area contributed by atoms with Crippen LogP contribution in [-0.2, 0) is 0 Å². The van der Waals surface area contributed by atoms with Gasteiger partial charge >= 0.3 is 0 Å². The van der Waals surface area contributed by atoms with Gasteiger partial charge in [-0.25, -0.2) is 15.0 Å². The van der Waals surface area contributed by atoms with Gasteiger partial charge in [0.15, 0.2) is 17.5 Å². The molecule has 0 saturated carbocycles. The molecule has 6 heteroatoms. The number of para-hydroxylation sites is 3. The first-order valence-electron chi connectivity index (χ1n) is 19.8. The minimum atomic E-state index is 0.620. The molecule has 4 heterocycles. The van der Waals surface area contributed by atoms with Crippen molar-refractivity contribution in [2.24, 2.45) is 0 Å². The lowest BCUT2D eigenvalue weighted by molar-refractivity contribution is 1.02. The monoisotopic (exact) mass is 771 g/mol. The molecule has 0 atom stereocenters. The first kappa shape index (κ1) is 33.6. The summed E-state index contributed by atoms with van der Waals surface area (Å²) in [6.45, 7) is 0. The van der Waals surface area contributed by atoms with E-state index in [1.165, 1.54) is 37.0 Å². The van der Waals surface area contributed by atoms with Crippen LogP contribution < -0.4 is 0 Å². The maximum absolute atomic E-state index is 5.26. The highest BCUT2D eigenvalue weighted by Crippen LogP contribution is 2.50. The highest BCUT2D eigenvalue weighted by Gasteiger charge is 2.28. The molecule has 3 aromatic heterocycles. The molecule has 5 nitrogen and oxygen atoms in total. The molecular formula is C53H33N5S. The quantitative estimate of drug-likeness (QED) is 0.169. The molecule has 0 bridgehead atoms. The molecule has 8 aromatic carbocycles. The minimum absolute atomic E-state index is 0.620. The predicted octanol–water partition coefficient (Wildman–Crippen LogP) is 13.7. The van der Waals surface area contributed by atoms with E-state index in [0.717, 1.165) is 56.0 Å². The highest BCUT2D eigenvalue weighted by molar-refractivity contribution is 7.99. The zero-order chi connectivity index (χ0) is 38.9. The summed E-state index contributed by atoms with van der Waals surface area (Å²) >= 11 is 1.82. The zero-order valence-electron chi connectivity index (χ0n) is 31.7. The fourth-order valence-electron chi connectivity index (χ4n) is 8.66. The summed E-state index contributed by atoms with van der Waals surface area (Å²) in [4.78, 5) is 18.1. The third-order valence-corrected chi connectivity index (χ3v) is 12.5. The highest BCUT2D eigenvalue weighted by atomic mass is 32.2. The van der Waals surface area contributed by atoms with Gasteiger partial charge < -0.3 is 0 Å². The molecule has 1 aliphatic heterocycles. The van der Waals surface area contributed by atoms with E-state index in [0.29, 0.717) is 17.5 Å². The maximum atomic E-state index is 5.26. The number of hydrogen-bond acceptors (Lipinski definition) is 4. The summed E-state index contributed by atoms with van der Waals surface area (Å²) in [6.07, 6.45) is 0. The Kier molecular flexibility index (Phi) is 7.71. The largest absolute Gasteiger partial charge is 0.295 e. The number of hydrogen-bond donors (Lipinski definition) is 0. The van der Waals surface area contributed by atoms with E-state index in [1.54, 1.807) is 0 Å². The van der Waals surface area contributed by atoms with Gasteiger partial charge in [-0.3, -0.25) is 9.13 Å². The van der Waals surface area contributed by atoms with Crippen molar-refractivity contribution in [3.63, 3.8) is 0 Å². The van der Waals surface area contributed by atoms with Gasteiger partial charge in [-0.1, -0.05) is 157 Å². The van der Waals surface area contributed by atoms with Crippen molar-refractivity contribution in [3.05, 3.63) is 200 Å². The molecule has 0 unspecified atom stereocenters. The fourth-order valence-corrected chi connectivity index (χ4v) is 9.73. The van der Waals surface area contributed by atoms with Crippen LogP contribution in [0.5, 0.6) is 0 Å². The van der Waals surface area contributed by atoms with E-state index in [-0.39, 0.29) is 0 Å². The van der Waals surface area contributed by atoms with E-state index in [2.05, 4.69) is 197 Å². The van der Waals surface area contributed by atoms with Crippen LogP contribution in [0.4, 0.5) is 0 Å². The number of fused-ring (bicyclic) bond motifs is 7. The summed E-state index contributed by atoms with van der Waals surface area (Å²) < 4.78 is 4.89. The van der Waals surface area contributed by atoms with Crippen LogP contribution >= 0.6 is 11.8 Å². The third-order valence-electron chi connectivity index (χ3n) is 11.3. The first-order chi connectivity index (χ1) is 29.2. The molecule has 0 spiro atoms. The Hall–Kier alpha value is -7.54. The normalized spacial score (nSPS) is 12.0. The Morgan fingerprint density at radius 3 is 1.51 bits per heavy atom. The van der Waals surface area contributed by atoms with Gasteiger partial charge in [0.25, 0.3) is 0 Å². The number of nitrogens with zero attached hydrogens (tertiary/aromatic N) is 5. The van der Waals surface area contributed by atoms with Crippen molar-refractivity contribution in [1.82, 2.24) is 24.1 Å². The standard InChI is InChI=1S/C53H33N5S/c1-4-15-34(16-5-1)36-19-12-21-38(31-36)50-54-51(39-22-13-20-37(32-39)35-17-6-2-7-18-35)56-52(55-50)40-29-30-46-45(33-40)58-49-43(26-14-28-47(49)59-46)48-42-25-10-11-27-44(42)57(53(48)58)41-23-8-3-9-24-41/h1-33H. The molecule has 276 valence electrons. The van der Waals surface area contributed by atoms with Crippen LogP contribution in [0.25, 0.3) is 101 Å². The number of rotatable bonds is 6. The van der Waals surface area contributed by atoms with Crippen molar-refractivity contribution in [2.75, 3.05) is 0 Å². The molecular weight excluding hydrogens is 739 g/mol. The fraction of sp³-hybridized carbons (Fsp3) is 0. The average molecular weight is 772 g/mol. The van der Waals surface area contributed by atoms with E-state index in [4.69, 9.17) is 15.0 Å². The van der Waals surface area contributed by atoms with E-state index in [1.807, 2.05) is 23.9 Å². The third kappa shape index (κ3) is 5.52. The van der Waals surface area contributed by atoms with Crippen molar-refractivity contribution < 1.29 is 0 Å². The average Bonchev–Trinajstić information content (AvgIpc) is 3.84. The van der Waals surface area contributed by atoms with Crippen molar-refractivity contribution >= 4 is 44.6 Å². The maximum Gasteiger partial charge on any atom is 0.164 e. The SMILES string of the molecule is c1ccc(-c2cccc(-c3nc(-c4cccc(-c5ccccc5)c4)nc(-c4ccc5c(c4)-n4c6c(cccc6c6c7ccccc7n(-c7ccccc7)c64)S5)n3)c2)cc1. The van der Waals surface area contributed by atoms with Crippen LogP contribution in [0.3, 0.4) is 0 Å². The molecule has 59 heavy (non-hydrogen) atoms. The molecule has 0 N–H and O–H groups in total. The van der Waals surface area contributed by atoms with E-state index < -0.39 is 0 Å². The predicted molar refractivity (Wildman–Crippen MR) is 242 cm³/mol. The lowest BCUT2D eigenvalue weighted by Gasteiger charge is -2.22. The lowest BCUT2D eigenvalue weighted by atomic mass is 10.0. The van der Waals surface area contributed by atoms with Gasteiger partial charge in [0.1, 0.15) is 5.65 Å². The van der Waals surface area contributed by atoms with Crippen LogP contribution in [0.15, 0.2) is 210 Å². The Bertz CT molecular complexity index is 3310. The van der Waals surface area contributed by atoms with Crippen LogP contribution in [0.2, 0.25) is 0 Å². The second-order valence-electron chi connectivity index (χ2n) is 14.9. The molecule has 12 rings (SSSR count). The number of benzene rings is 8. The lowest BCUT2D eigenvalue weighted by Crippen LogP contribution is -2.06. The first-order valence-corrected chi connectivity index (χ1v) is 20.6. The molecule has 0 fully saturated rings. The van der Waals surface area contributed by atoms with Gasteiger partial charge in [-0.05, 0) is 76.9 Å². The van der Waals surface area contributed by atoms with Crippen LogP contribution in [0, 0.1) is 0 Å². The molecule has 0 aliphatic carbocycles. The molecule has 11 aromatic rings. The number of aromatic nitrogens is 5. The van der Waals surface area contributed by atoms with Gasteiger partial charge in [0.2, 0.25) is 0 Å². The van der Waals surface area contributed by atoms with Crippen LogP contribution in [-0.4, -0.2) is 24.1 Å². The zero-order valence-corrected chi connectivity index (χ0v) is 32.5. The second kappa shape index (κ2) is 13.5. The summed E-state index contributed by atoms with van der Waals surface area (Å²) in [7, 11) is 0. The molecule has 0 radical (unpaired) electrons. The molecule has 0 saturated heterocycles. The summed E-state index contributed by atoms with van der Waals surface area (Å²) in [5, 5.41) is 3.73. The Morgan fingerprint density at radius 2 is 0.864 bits per heavy atom. The summed E-state index contributed by atoms with van der Waals surface area (Å²) in [5.74, 6) is 1.87.